The molecule has 19 heavy (non-hydrogen) atoms. The first kappa shape index (κ1) is 13.9. The molecular weight excluding hydrogens is 259 g/mol. The van der Waals surface area contributed by atoms with E-state index in [9.17, 15) is 8.60 Å². The van der Waals surface area contributed by atoms with Gasteiger partial charge in [0.2, 0.25) is 0 Å². The molecule has 0 aromatic heterocycles. The van der Waals surface area contributed by atoms with Gasteiger partial charge in [0.1, 0.15) is 5.82 Å². The van der Waals surface area contributed by atoms with Crippen molar-refractivity contribution in [2.75, 3.05) is 0 Å². The van der Waals surface area contributed by atoms with Crippen LogP contribution >= 0.6 is 0 Å². The third-order valence-corrected chi connectivity index (χ3v) is 4.51. The highest BCUT2D eigenvalue weighted by Gasteiger charge is 2.10. The maximum absolute atomic E-state index is 13.1. The molecule has 2 aromatic carbocycles. The molecule has 1 unspecified atom stereocenters. The summed E-state index contributed by atoms with van der Waals surface area (Å²) in [6, 6.07) is 10.2. The summed E-state index contributed by atoms with van der Waals surface area (Å²) in [4.78, 5) is 0.541. The zero-order valence-electron chi connectivity index (χ0n) is 11.4. The lowest BCUT2D eigenvalue weighted by atomic mass is 10.0. The number of benzene rings is 2. The maximum atomic E-state index is 13.1. The van der Waals surface area contributed by atoms with Crippen molar-refractivity contribution >= 4 is 10.8 Å². The van der Waals surface area contributed by atoms with Crippen molar-refractivity contribution in [1.29, 1.82) is 0 Å². The number of hydrogen-bond donors (Lipinski definition) is 0. The van der Waals surface area contributed by atoms with E-state index in [2.05, 4.69) is 12.1 Å². The van der Waals surface area contributed by atoms with Gasteiger partial charge in [0.05, 0.1) is 16.6 Å². The summed E-state index contributed by atoms with van der Waals surface area (Å²) < 4.78 is 25.4. The quantitative estimate of drug-likeness (QED) is 0.826. The zero-order chi connectivity index (χ0) is 14.0. The van der Waals surface area contributed by atoms with E-state index < -0.39 is 10.8 Å². The van der Waals surface area contributed by atoms with E-state index in [1.54, 1.807) is 12.1 Å². The van der Waals surface area contributed by atoms with E-state index in [4.69, 9.17) is 0 Å². The molecule has 0 N–H and O–H groups in total. The number of aryl methyl sites for hydroxylation is 3. The molecule has 0 aliphatic heterocycles. The van der Waals surface area contributed by atoms with Gasteiger partial charge in [-0.15, -0.1) is 0 Å². The molecule has 0 aliphatic rings. The van der Waals surface area contributed by atoms with Crippen LogP contribution in [0.1, 0.15) is 22.3 Å². The van der Waals surface area contributed by atoms with Gasteiger partial charge < -0.3 is 0 Å². The molecule has 0 fully saturated rings. The number of hydrogen-bond acceptors (Lipinski definition) is 1. The first-order chi connectivity index (χ1) is 8.97. The summed E-state index contributed by atoms with van der Waals surface area (Å²) in [5, 5.41) is 0. The highest BCUT2D eigenvalue weighted by molar-refractivity contribution is 7.84. The molecule has 0 spiro atoms. The molecule has 0 saturated heterocycles. The molecule has 2 rings (SSSR count). The second kappa shape index (κ2) is 5.66. The molecule has 0 bridgehead atoms. The molecule has 100 valence electrons. The fraction of sp³-hybridized carbons (Fsp3) is 0.250. The first-order valence-electron chi connectivity index (χ1n) is 6.18. The van der Waals surface area contributed by atoms with Gasteiger partial charge in [0, 0.05) is 4.90 Å². The Morgan fingerprint density at radius 3 is 2.26 bits per heavy atom. The Morgan fingerprint density at radius 2 is 1.68 bits per heavy atom. The van der Waals surface area contributed by atoms with Crippen molar-refractivity contribution in [1.82, 2.24) is 0 Å². The van der Waals surface area contributed by atoms with Crippen LogP contribution < -0.4 is 0 Å². The largest absolute Gasteiger partial charge is 0.254 e. The van der Waals surface area contributed by atoms with Crippen LogP contribution in [-0.4, -0.2) is 4.21 Å². The van der Waals surface area contributed by atoms with Crippen molar-refractivity contribution in [2.45, 2.75) is 31.4 Å². The maximum Gasteiger partial charge on any atom is 0.124 e. The normalized spacial score (nSPS) is 12.4. The molecule has 2 aromatic rings. The Hall–Kier alpha value is -1.48. The summed E-state index contributed by atoms with van der Waals surface area (Å²) in [5.74, 6) is 0.0877. The van der Waals surface area contributed by atoms with E-state index in [1.165, 1.54) is 17.7 Å². The summed E-state index contributed by atoms with van der Waals surface area (Å²) in [5.41, 5.74) is 4.58. The van der Waals surface area contributed by atoms with Crippen LogP contribution in [0.25, 0.3) is 0 Å². The van der Waals surface area contributed by atoms with Crippen molar-refractivity contribution < 1.29 is 8.60 Å². The van der Waals surface area contributed by atoms with E-state index >= 15 is 0 Å². The molecule has 0 amide bonds. The fourth-order valence-corrected chi connectivity index (χ4v) is 3.62. The van der Waals surface area contributed by atoms with Gasteiger partial charge in [0.15, 0.2) is 0 Å². The van der Waals surface area contributed by atoms with Gasteiger partial charge >= 0.3 is 0 Å². The van der Waals surface area contributed by atoms with Gasteiger partial charge in [-0.05, 0) is 55.7 Å². The van der Waals surface area contributed by atoms with Gasteiger partial charge in [0.25, 0.3) is 0 Å². The third-order valence-electron chi connectivity index (χ3n) is 3.17. The summed E-state index contributed by atoms with van der Waals surface area (Å²) in [6.07, 6.45) is 0. The molecule has 0 heterocycles. The van der Waals surface area contributed by atoms with Crippen LogP contribution in [0.3, 0.4) is 0 Å². The van der Waals surface area contributed by atoms with E-state index in [1.807, 2.05) is 20.8 Å². The number of rotatable bonds is 3. The van der Waals surface area contributed by atoms with Gasteiger partial charge in [-0.3, -0.25) is 4.21 Å². The van der Waals surface area contributed by atoms with E-state index in [-0.39, 0.29) is 5.82 Å². The van der Waals surface area contributed by atoms with Crippen LogP contribution in [0, 0.1) is 26.6 Å². The van der Waals surface area contributed by atoms with Gasteiger partial charge in [-0.25, -0.2) is 4.39 Å². The predicted octanol–water partition coefficient (Wildman–Crippen LogP) is 4.06. The Morgan fingerprint density at radius 1 is 1.05 bits per heavy atom. The van der Waals surface area contributed by atoms with Gasteiger partial charge in [-0.1, -0.05) is 23.8 Å². The topological polar surface area (TPSA) is 17.1 Å². The Labute approximate surface area is 115 Å². The van der Waals surface area contributed by atoms with Crippen molar-refractivity contribution in [3.05, 3.63) is 64.5 Å². The molecule has 3 heteroatoms. The zero-order valence-corrected chi connectivity index (χ0v) is 12.2. The van der Waals surface area contributed by atoms with Gasteiger partial charge in [-0.2, -0.15) is 0 Å². The van der Waals surface area contributed by atoms with Crippen LogP contribution in [0.15, 0.2) is 41.3 Å². The Kier molecular flexibility index (Phi) is 4.15. The fourth-order valence-electron chi connectivity index (χ4n) is 2.26. The number of halogens is 1. The Bertz CT molecular complexity index is 611. The third kappa shape index (κ3) is 3.29. The smallest absolute Gasteiger partial charge is 0.124 e. The lowest BCUT2D eigenvalue weighted by Gasteiger charge is -2.11. The average Bonchev–Trinajstić information content (AvgIpc) is 2.33. The highest BCUT2D eigenvalue weighted by atomic mass is 32.2. The van der Waals surface area contributed by atoms with Crippen LogP contribution in [-0.2, 0) is 16.6 Å². The second-order valence-electron chi connectivity index (χ2n) is 4.82. The predicted molar refractivity (Wildman–Crippen MR) is 77.2 cm³/mol. The minimum atomic E-state index is -1.21. The minimum Gasteiger partial charge on any atom is -0.254 e. The monoisotopic (exact) mass is 276 g/mol. The lowest BCUT2D eigenvalue weighted by Crippen LogP contribution is -2.02. The minimum absolute atomic E-state index is 0.344. The lowest BCUT2D eigenvalue weighted by molar-refractivity contribution is 0.622. The second-order valence-corrected chi connectivity index (χ2v) is 6.28. The molecule has 1 nitrogen and oxygen atoms in total. The SMILES string of the molecule is Cc1cc(C)c(CS(=O)c2cccc(F)c2)c(C)c1. The summed E-state index contributed by atoms with van der Waals surface area (Å²) in [6.45, 7) is 6.10. The summed E-state index contributed by atoms with van der Waals surface area (Å²) >= 11 is 0. The van der Waals surface area contributed by atoms with Crippen molar-refractivity contribution in [2.24, 2.45) is 0 Å². The van der Waals surface area contributed by atoms with Crippen LogP contribution in [0.5, 0.6) is 0 Å². The van der Waals surface area contributed by atoms with E-state index in [0.29, 0.717) is 10.6 Å². The molecule has 0 radical (unpaired) electrons. The summed E-state index contributed by atoms with van der Waals surface area (Å²) in [7, 11) is -1.21. The van der Waals surface area contributed by atoms with Crippen LogP contribution in [0.2, 0.25) is 0 Å². The van der Waals surface area contributed by atoms with Crippen molar-refractivity contribution in [3.8, 4) is 0 Å². The molecule has 0 saturated carbocycles. The van der Waals surface area contributed by atoms with Crippen LogP contribution in [0.4, 0.5) is 4.39 Å². The molecule has 1 atom stereocenters. The first-order valence-corrected chi connectivity index (χ1v) is 7.50. The molecule has 0 aliphatic carbocycles. The highest BCUT2D eigenvalue weighted by Crippen LogP contribution is 2.21. The molecular formula is C16H17FOS. The Balaban J connectivity index is 2.29. The standard InChI is InChI=1S/C16H17FOS/c1-11-7-12(2)16(13(3)8-11)10-19(18)15-6-4-5-14(17)9-15/h4-9H,10H2,1-3H3. The average molecular weight is 276 g/mol. The van der Waals surface area contributed by atoms with Crippen molar-refractivity contribution in [3.63, 3.8) is 0 Å². The van der Waals surface area contributed by atoms with E-state index in [0.717, 1.165) is 16.7 Å².